The molecular formula is C18H22O8S2Si. The lowest BCUT2D eigenvalue weighted by Crippen LogP contribution is -2.30. The van der Waals surface area contributed by atoms with Crippen molar-refractivity contribution in [1.29, 1.82) is 0 Å². The molecule has 0 heterocycles. The molecule has 0 aliphatic carbocycles. The van der Waals surface area contributed by atoms with Crippen LogP contribution in [0.4, 0.5) is 0 Å². The molecule has 0 saturated heterocycles. The molecule has 1 unspecified atom stereocenters. The molecule has 0 spiro atoms. The predicted molar refractivity (Wildman–Crippen MR) is 109 cm³/mol. The van der Waals surface area contributed by atoms with Crippen molar-refractivity contribution >= 4 is 34.5 Å². The van der Waals surface area contributed by atoms with Crippen molar-refractivity contribution < 1.29 is 34.4 Å². The summed E-state index contributed by atoms with van der Waals surface area (Å²) in [5.41, 5.74) is -0.132. The van der Waals surface area contributed by atoms with Crippen LogP contribution in [0.2, 0.25) is 19.6 Å². The van der Waals surface area contributed by atoms with Crippen LogP contribution in [0.5, 0.6) is 0 Å². The van der Waals surface area contributed by atoms with E-state index in [0.29, 0.717) is 0 Å². The highest BCUT2D eigenvalue weighted by Gasteiger charge is 2.31. The molecule has 11 heteroatoms. The standard InChI is InChI=1S/C18H22O8S2Si/c1-27(20,21)24-18(25-28(22,23)14-10-6-5-7-11-14)16-13-9-8-12-15(16)17(19)26-29(2,3)4/h5-13,18H,1-4H3. The van der Waals surface area contributed by atoms with E-state index in [1.165, 1.54) is 48.5 Å². The van der Waals surface area contributed by atoms with Gasteiger partial charge in [-0.3, -0.25) is 0 Å². The Balaban J connectivity index is 2.51. The molecule has 0 fully saturated rings. The Morgan fingerprint density at radius 1 is 0.862 bits per heavy atom. The number of carbonyl (C=O) groups excluding carboxylic acids is 1. The molecule has 0 bridgehead atoms. The van der Waals surface area contributed by atoms with Crippen LogP contribution in [0.25, 0.3) is 0 Å². The Kier molecular flexibility index (Phi) is 7.01. The van der Waals surface area contributed by atoms with E-state index in [1.807, 2.05) is 0 Å². The largest absolute Gasteiger partial charge is 0.516 e. The first-order valence-corrected chi connectivity index (χ1v) is 15.1. The van der Waals surface area contributed by atoms with Gasteiger partial charge in [0.2, 0.25) is 14.6 Å². The smallest absolute Gasteiger partial charge is 0.325 e. The fourth-order valence-electron chi connectivity index (χ4n) is 2.26. The van der Waals surface area contributed by atoms with Crippen LogP contribution < -0.4 is 0 Å². The SMILES string of the molecule is C[Si](C)(C)OC(=O)c1ccccc1C(OS(C)(=O)=O)OS(=O)(=O)c1ccccc1. The van der Waals surface area contributed by atoms with Gasteiger partial charge >= 0.3 is 5.97 Å². The highest BCUT2D eigenvalue weighted by Crippen LogP contribution is 2.29. The Morgan fingerprint density at radius 2 is 1.41 bits per heavy atom. The summed E-state index contributed by atoms with van der Waals surface area (Å²) in [4.78, 5) is 12.4. The second kappa shape index (κ2) is 8.75. The summed E-state index contributed by atoms with van der Waals surface area (Å²) in [6, 6.07) is 12.9. The molecule has 0 aliphatic heterocycles. The fourth-order valence-corrected chi connectivity index (χ4v) is 4.41. The van der Waals surface area contributed by atoms with Crippen molar-refractivity contribution in [3.63, 3.8) is 0 Å². The summed E-state index contributed by atoms with van der Waals surface area (Å²) in [7, 11) is -10.8. The molecule has 0 aliphatic rings. The van der Waals surface area contributed by atoms with E-state index < -0.39 is 40.8 Å². The summed E-state index contributed by atoms with van der Waals surface area (Å²) >= 11 is 0. The molecule has 0 saturated carbocycles. The van der Waals surface area contributed by atoms with Crippen LogP contribution in [0.15, 0.2) is 59.5 Å². The monoisotopic (exact) mass is 458 g/mol. The van der Waals surface area contributed by atoms with E-state index in [-0.39, 0.29) is 16.0 Å². The van der Waals surface area contributed by atoms with E-state index in [4.69, 9.17) is 12.8 Å². The average Bonchev–Trinajstić information content (AvgIpc) is 2.59. The summed E-state index contributed by atoms with van der Waals surface area (Å²) in [6.45, 7) is 5.40. The van der Waals surface area contributed by atoms with Crippen LogP contribution in [-0.2, 0) is 33.0 Å². The first kappa shape index (κ1) is 23.2. The molecule has 0 radical (unpaired) electrons. The van der Waals surface area contributed by atoms with Gasteiger partial charge in [0.05, 0.1) is 16.7 Å². The van der Waals surface area contributed by atoms with Gasteiger partial charge in [0, 0.05) is 5.56 Å². The molecule has 0 aromatic heterocycles. The lowest BCUT2D eigenvalue weighted by Gasteiger charge is -2.22. The Hall–Kier alpha value is -2.05. The van der Waals surface area contributed by atoms with Gasteiger partial charge in [0.15, 0.2) is 0 Å². The molecule has 2 aromatic rings. The third-order valence-corrected chi connectivity index (χ3v) is 5.94. The van der Waals surface area contributed by atoms with Crippen LogP contribution >= 0.6 is 0 Å². The third kappa shape index (κ3) is 7.05. The van der Waals surface area contributed by atoms with E-state index in [2.05, 4.69) is 0 Å². The van der Waals surface area contributed by atoms with Gasteiger partial charge in [0.25, 0.3) is 20.2 Å². The van der Waals surface area contributed by atoms with E-state index >= 15 is 0 Å². The van der Waals surface area contributed by atoms with Gasteiger partial charge < -0.3 is 4.43 Å². The number of hydrogen-bond donors (Lipinski definition) is 0. The molecule has 0 N–H and O–H groups in total. The summed E-state index contributed by atoms with van der Waals surface area (Å²) in [5, 5.41) is 0. The minimum atomic E-state index is -4.39. The normalized spacial score (nSPS) is 13.7. The maximum atomic E-state index is 12.6. The first-order valence-electron chi connectivity index (χ1n) is 8.47. The van der Waals surface area contributed by atoms with E-state index in [9.17, 15) is 21.6 Å². The highest BCUT2D eigenvalue weighted by molar-refractivity contribution is 7.87. The van der Waals surface area contributed by atoms with Crippen molar-refractivity contribution in [2.45, 2.75) is 30.8 Å². The third-order valence-electron chi connectivity index (χ3n) is 3.34. The quantitative estimate of drug-likeness (QED) is 0.337. The topological polar surface area (TPSA) is 113 Å². The molecule has 2 rings (SSSR count). The summed E-state index contributed by atoms with van der Waals surface area (Å²) in [6.07, 6.45) is -1.15. The van der Waals surface area contributed by atoms with Crippen molar-refractivity contribution in [3.8, 4) is 0 Å². The number of carbonyl (C=O) groups is 1. The van der Waals surface area contributed by atoms with Crippen molar-refractivity contribution in [2.75, 3.05) is 6.26 Å². The zero-order chi connectivity index (χ0) is 21.9. The fraction of sp³-hybridized carbons (Fsp3) is 0.278. The summed E-state index contributed by atoms with van der Waals surface area (Å²) < 4.78 is 64.1. The van der Waals surface area contributed by atoms with E-state index in [0.717, 1.165) is 6.26 Å². The van der Waals surface area contributed by atoms with Gasteiger partial charge in [-0.15, -0.1) is 0 Å². The lowest BCUT2D eigenvalue weighted by molar-refractivity contribution is 0.0149. The zero-order valence-corrected chi connectivity index (χ0v) is 19.0. The van der Waals surface area contributed by atoms with E-state index in [1.54, 1.807) is 25.7 Å². The van der Waals surface area contributed by atoms with Gasteiger partial charge in [-0.1, -0.05) is 36.4 Å². The average molecular weight is 459 g/mol. The molecule has 1 atom stereocenters. The summed E-state index contributed by atoms with van der Waals surface area (Å²) in [5.74, 6) is -0.720. The highest BCUT2D eigenvalue weighted by atomic mass is 32.2. The number of hydrogen-bond acceptors (Lipinski definition) is 8. The van der Waals surface area contributed by atoms with Gasteiger partial charge in [-0.2, -0.15) is 16.8 Å². The predicted octanol–water partition coefficient (Wildman–Crippen LogP) is 3.06. The second-order valence-corrected chi connectivity index (χ2v) is 14.7. The van der Waals surface area contributed by atoms with Crippen molar-refractivity contribution in [3.05, 3.63) is 65.7 Å². The molecule has 158 valence electrons. The molecule has 29 heavy (non-hydrogen) atoms. The molecule has 8 nitrogen and oxygen atoms in total. The van der Waals surface area contributed by atoms with Crippen LogP contribution in [-0.4, -0.2) is 37.4 Å². The Labute approximate surface area is 171 Å². The molecule has 0 amide bonds. The minimum Gasteiger partial charge on any atom is -0.516 e. The van der Waals surface area contributed by atoms with Crippen LogP contribution in [0, 0.1) is 0 Å². The Morgan fingerprint density at radius 3 is 1.97 bits per heavy atom. The van der Waals surface area contributed by atoms with Crippen LogP contribution in [0.1, 0.15) is 22.2 Å². The maximum absolute atomic E-state index is 12.6. The first-order chi connectivity index (χ1) is 13.3. The maximum Gasteiger partial charge on any atom is 0.325 e. The van der Waals surface area contributed by atoms with Gasteiger partial charge in [-0.05, 0) is 37.8 Å². The number of rotatable bonds is 8. The molecule has 2 aromatic carbocycles. The molecular weight excluding hydrogens is 436 g/mol. The van der Waals surface area contributed by atoms with Crippen molar-refractivity contribution in [2.24, 2.45) is 0 Å². The zero-order valence-electron chi connectivity index (χ0n) is 16.4. The van der Waals surface area contributed by atoms with Crippen LogP contribution in [0.3, 0.4) is 0 Å². The van der Waals surface area contributed by atoms with Gasteiger partial charge in [0.1, 0.15) is 0 Å². The Bertz CT molecular complexity index is 1070. The second-order valence-electron chi connectivity index (χ2n) is 7.08. The minimum absolute atomic E-state index is 0.0492. The lowest BCUT2D eigenvalue weighted by atomic mass is 10.1. The van der Waals surface area contributed by atoms with Crippen molar-refractivity contribution in [1.82, 2.24) is 0 Å². The number of benzene rings is 2. The van der Waals surface area contributed by atoms with Gasteiger partial charge in [-0.25, -0.2) is 13.2 Å².